The summed E-state index contributed by atoms with van der Waals surface area (Å²) in [6, 6.07) is 7.22. The van der Waals surface area contributed by atoms with Crippen molar-refractivity contribution in [2.24, 2.45) is 0 Å². The number of nitriles is 2. The van der Waals surface area contributed by atoms with Gasteiger partial charge in [0.1, 0.15) is 18.9 Å². The fraction of sp³-hybridized carbons (Fsp3) is 0.222. The number of nitrogens with two attached hydrogens (primary N) is 1. The summed E-state index contributed by atoms with van der Waals surface area (Å²) in [4.78, 5) is 5.57. The number of pyridine rings is 1. The molecule has 2 N–H and O–H groups in total. The van der Waals surface area contributed by atoms with E-state index in [0.29, 0.717) is 11.5 Å². The van der Waals surface area contributed by atoms with Crippen LogP contribution in [0.4, 0.5) is 11.5 Å². The van der Waals surface area contributed by atoms with Gasteiger partial charge in [-0.2, -0.15) is 10.5 Å². The highest BCUT2D eigenvalue weighted by molar-refractivity contribution is 5.51. The third-order valence-corrected chi connectivity index (χ3v) is 1.62. The van der Waals surface area contributed by atoms with E-state index in [1.54, 1.807) is 23.2 Å². The maximum Gasteiger partial charge on any atom is 0.132 e. The lowest BCUT2D eigenvalue weighted by atomic mass is 10.3. The van der Waals surface area contributed by atoms with Crippen LogP contribution in [-0.2, 0) is 0 Å². The van der Waals surface area contributed by atoms with Gasteiger partial charge in [-0.3, -0.25) is 0 Å². The molecule has 0 fully saturated rings. The summed E-state index contributed by atoms with van der Waals surface area (Å²) >= 11 is 0. The lowest BCUT2D eigenvalue weighted by molar-refractivity contribution is 0.936. The standard InChI is InChI=1S/C9H9N5/c10-2-5-14(6-3-11)9-7-8(12)1-4-13-9/h1,4,7H,5-6H2,(H2,12,13). The van der Waals surface area contributed by atoms with Gasteiger partial charge in [0.15, 0.2) is 0 Å². The van der Waals surface area contributed by atoms with Gasteiger partial charge in [-0.1, -0.05) is 0 Å². The van der Waals surface area contributed by atoms with Gasteiger partial charge in [0.2, 0.25) is 0 Å². The van der Waals surface area contributed by atoms with Gasteiger partial charge in [-0.25, -0.2) is 4.98 Å². The van der Waals surface area contributed by atoms with E-state index in [1.165, 1.54) is 0 Å². The first-order chi connectivity index (χ1) is 6.77. The Balaban J connectivity index is 2.89. The monoisotopic (exact) mass is 187 g/mol. The number of nitrogen functional groups attached to an aromatic ring is 1. The normalized spacial score (nSPS) is 8.71. The van der Waals surface area contributed by atoms with Crippen molar-refractivity contribution in [1.82, 2.24) is 4.98 Å². The zero-order valence-electron chi connectivity index (χ0n) is 7.51. The highest BCUT2D eigenvalue weighted by Gasteiger charge is 2.06. The van der Waals surface area contributed by atoms with Crippen LogP contribution in [0.15, 0.2) is 18.3 Å². The molecule has 0 aliphatic carbocycles. The lowest BCUT2D eigenvalue weighted by Gasteiger charge is -2.16. The van der Waals surface area contributed by atoms with Crippen LogP contribution in [-0.4, -0.2) is 18.1 Å². The van der Waals surface area contributed by atoms with Crippen molar-refractivity contribution in [2.45, 2.75) is 0 Å². The average molecular weight is 187 g/mol. The molecular weight excluding hydrogens is 178 g/mol. The van der Waals surface area contributed by atoms with Crippen molar-refractivity contribution >= 4 is 11.5 Å². The molecule has 0 bridgehead atoms. The predicted molar refractivity (Wildman–Crippen MR) is 52.1 cm³/mol. The molecule has 1 aromatic heterocycles. The van der Waals surface area contributed by atoms with Crippen molar-refractivity contribution in [3.05, 3.63) is 18.3 Å². The molecule has 1 rings (SSSR count). The fourth-order valence-electron chi connectivity index (χ4n) is 0.996. The molecule has 70 valence electrons. The molecule has 0 unspecified atom stereocenters. The molecular formula is C9H9N5. The summed E-state index contributed by atoms with van der Waals surface area (Å²) in [6.45, 7) is 0.258. The van der Waals surface area contributed by atoms with Crippen molar-refractivity contribution in [3.63, 3.8) is 0 Å². The molecule has 0 atom stereocenters. The molecule has 0 spiro atoms. The van der Waals surface area contributed by atoms with Gasteiger partial charge < -0.3 is 10.6 Å². The molecule has 0 saturated carbocycles. The van der Waals surface area contributed by atoms with E-state index in [0.717, 1.165) is 0 Å². The van der Waals surface area contributed by atoms with Crippen LogP contribution in [0.2, 0.25) is 0 Å². The Hall–Kier alpha value is -2.27. The highest BCUT2D eigenvalue weighted by atomic mass is 15.2. The number of anilines is 2. The Morgan fingerprint density at radius 3 is 2.50 bits per heavy atom. The van der Waals surface area contributed by atoms with E-state index in [4.69, 9.17) is 16.3 Å². The van der Waals surface area contributed by atoms with Crippen molar-refractivity contribution in [1.29, 1.82) is 10.5 Å². The molecule has 1 aromatic rings. The van der Waals surface area contributed by atoms with E-state index in [1.807, 2.05) is 12.1 Å². The summed E-state index contributed by atoms with van der Waals surface area (Å²) in [6.07, 6.45) is 1.55. The first-order valence-electron chi connectivity index (χ1n) is 3.98. The second-order valence-corrected chi connectivity index (χ2v) is 2.62. The summed E-state index contributed by atoms with van der Waals surface area (Å²) < 4.78 is 0. The third kappa shape index (κ3) is 2.36. The summed E-state index contributed by atoms with van der Waals surface area (Å²) in [7, 11) is 0. The van der Waals surface area contributed by atoms with Gasteiger partial charge in [-0.05, 0) is 6.07 Å². The minimum atomic E-state index is 0.129. The quantitative estimate of drug-likeness (QED) is 0.696. The first kappa shape index (κ1) is 9.82. The van der Waals surface area contributed by atoms with Crippen LogP contribution in [0, 0.1) is 22.7 Å². The minimum Gasteiger partial charge on any atom is -0.399 e. The largest absolute Gasteiger partial charge is 0.399 e. The van der Waals surface area contributed by atoms with Crippen molar-refractivity contribution in [2.75, 3.05) is 23.7 Å². The fourth-order valence-corrected chi connectivity index (χ4v) is 0.996. The van der Waals surface area contributed by atoms with Gasteiger partial charge in [0.05, 0.1) is 12.1 Å². The van der Waals surface area contributed by atoms with Crippen LogP contribution >= 0.6 is 0 Å². The molecule has 0 radical (unpaired) electrons. The maximum atomic E-state index is 8.53. The number of hydrogen-bond acceptors (Lipinski definition) is 5. The van der Waals surface area contributed by atoms with Crippen LogP contribution in [0.5, 0.6) is 0 Å². The Bertz CT molecular complexity index is 371. The smallest absolute Gasteiger partial charge is 0.132 e. The van der Waals surface area contributed by atoms with Crippen LogP contribution in [0.3, 0.4) is 0 Å². The molecule has 0 aliphatic rings. The van der Waals surface area contributed by atoms with Crippen LogP contribution < -0.4 is 10.6 Å². The van der Waals surface area contributed by atoms with Crippen molar-refractivity contribution < 1.29 is 0 Å². The molecule has 0 aromatic carbocycles. The Morgan fingerprint density at radius 1 is 1.36 bits per heavy atom. The number of rotatable bonds is 3. The summed E-state index contributed by atoms with van der Waals surface area (Å²) in [5.74, 6) is 0.549. The van der Waals surface area contributed by atoms with Gasteiger partial charge in [0.25, 0.3) is 0 Å². The lowest BCUT2D eigenvalue weighted by Crippen LogP contribution is -2.24. The molecule has 0 aliphatic heterocycles. The van der Waals surface area contributed by atoms with E-state index in [9.17, 15) is 0 Å². The number of nitrogens with zero attached hydrogens (tertiary/aromatic N) is 4. The van der Waals surface area contributed by atoms with E-state index >= 15 is 0 Å². The summed E-state index contributed by atoms with van der Waals surface area (Å²) in [5, 5.41) is 17.1. The summed E-state index contributed by atoms with van der Waals surface area (Å²) in [5.41, 5.74) is 6.12. The predicted octanol–water partition coefficient (Wildman–Crippen LogP) is 0.517. The Kier molecular flexibility index (Phi) is 3.28. The minimum absolute atomic E-state index is 0.129. The zero-order valence-corrected chi connectivity index (χ0v) is 7.51. The Labute approximate surface area is 82.0 Å². The second-order valence-electron chi connectivity index (χ2n) is 2.62. The van der Waals surface area contributed by atoms with E-state index < -0.39 is 0 Å². The SMILES string of the molecule is N#CCN(CC#N)c1cc(N)ccn1. The number of hydrogen-bond donors (Lipinski definition) is 1. The van der Waals surface area contributed by atoms with Gasteiger partial charge in [0, 0.05) is 18.0 Å². The van der Waals surface area contributed by atoms with Gasteiger partial charge in [-0.15, -0.1) is 0 Å². The van der Waals surface area contributed by atoms with Crippen LogP contribution in [0.1, 0.15) is 0 Å². The third-order valence-electron chi connectivity index (χ3n) is 1.62. The molecule has 14 heavy (non-hydrogen) atoms. The van der Waals surface area contributed by atoms with Crippen LogP contribution in [0.25, 0.3) is 0 Å². The maximum absolute atomic E-state index is 8.53. The molecule has 0 amide bonds. The molecule has 0 saturated heterocycles. The Morgan fingerprint density at radius 2 is 2.00 bits per heavy atom. The van der Waals surface area contributed by atoms with Crippen molar-refractivity contribution in [3.8, 4) is 12.1 Å². The van der Waals surface area contributed by atoms with E-state index in [2.05, 4.69) is 4.98 Å². The zero-order chi connectivity index (χ0) is 10.4. The second kappa shape index (κ2) is 4.68. The molecule has 1 heterocycles. The average Bonchev–Trinajstić information content (AvgIpc) is 2.17. The molecule has 5 nitrogen and oxygen atoms in total. The molecule has 5 heteroatoms. The van der Waals surface area contributed by atoms with E-state index in [-0.39, 0.29) is 13.1 Å². The topological polar surface area (TPSA) is 89.7 Å². The first-order valence-corrected chi connectivity index (χ1v) is 3.98. The van der Waals surface area contributed by atoms with Gasteiger partial charge >= 0.3 is 0 Å². The highest BCUT2D eigenvalue weighted by Crippen LogP contribution is 2.12. The number of aromatic nitrogens is 1.